The van der Waals surface area contributed by atoms with Crippen molar-refractivity contribution in [1.82, 2.24) is 5.32 Å². The Labute approximate surface area is 82.9 Å². The van der Waals surface area contributed by atoms with Gasteiger partial charge in [-0.2, -0.15) is 0 Å². The molecule has 0 aromatic carbocycles. The molecule has 0 aromatic rings. The molecule has 0 unspecified atom stereocenters. The summed E-state index contributed by atoms with van der Waals surface area (Å²) in [4.78, 5) is 42.7. The van der Waals surface area contributed by atoms with E-state index in [9.17, 15) is 4.57 Å². The van der Waals surface area contributed by atoms with Crippen LogP contribution in [-0.2, 0) is 4.57 Å². The molecule has 86 valence electrons. The summed E-state index contributed by atoms with van der Waals surface area (Å²) >= 11 is 0. The lowest BCUT2D eigenvalue weighted by Crippen LogP contribution is -2.35. The number of hydrogen-bond donors (Lipinski definition) is 6. The molecule has 0 amide bonds. The first-order chi connectivity index (χ1) is 6.21. The van der Waals surface area contributed by atoms with Crippen LogP contribution in [0.4, 0.5) is 0 Å². The molecule has 0 aliphatic carbocycles. The van der Waals surface area contributed by atoms with Gasteiger partial charge in [0.05, 0.1) is 6.16 Å². The summed E-state index contributed by atoms with van der Waals surface area (Å²) in [5.74, 6) is 0. The Balaban J connectivity index is 3.28. The molecular weight excluding hydrogens is 229 g/mol. The van der Waals surface area contributed by atoms with Crippen LogP contribution in [0.2, 0.25) is 6.04 Å². The first-order valence-corrected chi connectivity index (χ1v) is 7.98. The molecule has 0 radical (unpaired) electrons. The molecule has 0 rings (SSSR count). The van der Waals surface area contributed by atoms with Gasteiger partial charge in [-0.1, -0.05) is 0 Å². The maximum absolute atomic E-state index is 10.4. The van der Waals surface area contributed by atoms with Gasteiger partial charge in [-0.15, -0.1) is 0 Å². The van der Waals surface area contributed by atoms with Crippen LogP contribution in [0.15, 0.2) is 0 Å². The molecule has 0 saturated heterocycles. The molecule has 0 bridgehead atoms. The third kappa shape index (κ3) is 12.2. The van der Waals surface area contributed by atoms with E-state index in [1.54, 1.807) is 0 Å². The standard InChI is InChI=1S/C5H16NO6PSi/c7-13(8,9)4-3-6-2-1-5-14(10,11)12/h6,10-12H,1-5H2,(H2,7,8,9). The summed E-state index contributed by atoms with van der Waals surface area (Å²) in [7, 11) is -7.90. The highest BCUT2D eigenvalue weighted by Gasteiger charge is 2.25. The molecule has 0 aliphatic rings. The highest BCUT2D eigenvalue weighted by Crippen LogP contribution is 2.32. The fraction of sp³-hybridized carbons (Fsp3) is 1.00. The van der Waals surface area contributed by atoms with E-state index in [0.717, 1.165) is 0 Å². The van der Waals surface area contributed by atoms with Gasteiger partial charge in [-0.25, -0.2) is 0 Å². The van der Waals surface area contributed by atoms with Crippen molar-refractivity contribution in [3.05, 3.63) is 0 Å². The highest BCUT2D eigenvalue weighted by atomic mass is 31.2. The Morgan fingerprint density at radius 1 is 1.14 bits per heavy atom. The van der Waals surface area contributed by atoms with Crippen LogP contribution in [0.1, 0.15) is 6.42 Å². The van der Waals surface area contributed by atoms with Crippen LogP contribution in [0.3, 0.4) is 0 Å². The van der Waals surface area contributed by atoms with Gasteiger partial charge in [0.2, 0.25) is 0 Å². The second-order valence-electron chi connectivity index (χ2n) is 3.02. The van der Waals surface area contributed by atoms with Gasteiger partial charge in [0.15, 0.2) is 0 Å². The molecule has 7 nitrogen and oxygen atoms in total. The molecule has 9 heteroatoms. The van der Waals surface area contributed by atoms with Crippen LogP contribution in [0.25, 0.3) is 0 Å². The van der Waals surface area contributed by atoms with Gasteiger partial charge in [-0.3, -0.25) is 4.57 Å². The van der Waals surface area contributed by atoms with Crippen molar-refractivity contribution in [3.63, 3.8) is 0 Å². The van der Waals surface area contributed by atoms with Gasteiger partial charge in [0.1, 0.15) is 0 Å². The largest absolute Gasteiger partial charge is 0.492 e. The molecule has 6 N–H and O–H groups in total. The van der Waals surface area contributed by atoms with E-state index in [-0.39, 0.29) is 18.8 Å². The highest BCUT2D eigenvalue weighted by molar-refractivity contribution is 7.51. The first-order valence-electron chi connectivity index (χ1n) is 4.13. The zero-order valence-electron chi connectivity index (χ0n) is 7.63. The average Bonchev–Trinajstić information content (AvgIpc) is 1.92. The lowest BCUT2D eigenvalue weighted by Gasteiger charge is -2.09. The van der Waals surface area contributed by atoms with Gasteiger partial charge in [-0.05, 0) is 13.0 Å². The number of hydrogen-bond acceptors (Lipinski definition) is 5. The summed E-state index contributed by atoms with van der Waals surface area (Å²) in [5.41, 5.74) is 0. The van der Waals surface area contributed by atoms with Crippen molar-refractivity contribution in [2.75, 3.05) is 19.3 Å². The third-order valence-electron chi connectivity index (χ3n) is 1.45. The quantitative estimate of drug-likeness (QED) is 0.175. The molecule has 14 heavy (non-hydrogen) atoms. The second kappa shape index (κ2) is 5.94. The first kappa shape index (κ1) is 14.2. The van der Waals surface area contributed by atoms with Gasteiger partial charge >= 0.3 is 16.4 Å². The Kier molecular flexibility index (Phi) is 6.02. The number of rotatable bonds is 7. The summed E-state index contributed by atoms with van der Waals surface area (Å²) in [6.45, 7) is 0.553. The fourth-order valence-electron chi connectivity index (χ4n) is 0.800. The molecule has 0 spiro atoms. The molecular formula is C5H16NO6PSi. The predicted octanol–water partition coefficient (Wildman–Crippen LogP) is -1.94. The van der Waals surface area contributed by atoms with E-state index < -0.39 is 16.4 Å². The van der Waals surface area contributed by atoms with Crippen LogP contribution in [0, 0.1) is 0 Å². The average molecular weight is 245 g/mol. The van der Waals surface area contributed by atoms with Crippen molar-refractivity contribution in [3.8, 4) is 0 Å². The Morgan fingerprint density at radius 2 is 1.71 bits per heavy atom. The van der Waals surface area contributed by atoms with E-state index in [4.69, 9.17) is 24.2 Å². The maximum Gasteiger partial charge on any atom is 0.492 e. The van der Waals surface area contributed by atoms with E-state index in [2.05, 4.69) is 5.32 Å². The molecule has 0 fully saturated rings. The summed E-state index contributed by atoms with van der Waals surface area (Å²) < 4.78 is 10.4. The van der Waals surface area contributed by atoms with Crippen LogP contribution < -0.4 is 5.32 Å². The van der Waals surface area contributed by atoms with Crippen molar-refractivity contribution in [1.29, 1.82) is 0 Å². The zero-order chi connectivity index (χ0) is 11.2. The van der Waals surface area contributed by atoms with Crippen molar-refractivity contribution < 1.29 is 28.7 Å². The lowest BCUT2D eigenvalue weighted by molar-refractivity contribution is 0.226. The van der Waals surface area contributed by atoms with E-state index >= 15 is 0 Å². The van der Waals surface area contributed by atoms with Crippen molar-refractivity contribution in [2.24, 2.45) is 0 Å². The van der Waals surface area contributed by atoms with E-state index in [1.165, 1.54) is 0 Å². The summed E-state index contributed by atoms with van der Waals surface area (Å²) in [5, 5.41) is 2.71. The second-order valence-corrected chi connectivity index (χ2v) is 6.84. The van der Waals surface area contributed by atoms with E-state index in [1.807, 2.05) is 0 Å². The minimum absolute atomic E-state index is 0.0735. The smallest absolute Gasteiger partial charge is 0.390 e. The lowest BCUT2D eigenvalue weighted by atomic mass is 10.5. The molecule has 0 atom stereocenters. The molecule has 0 aliphatic heterocycles. The molecule has 0 aromatic heterocycles. The Hall–Kier alpha value is 0.207. The Bertz CT molecular complexity index is 201. The minimum atomic E-state index is -3.95. The molecule has 0 saturated carbocycles. The van der Waals surface area contributed by atoms with Gasteiger partial charge < -0.3 is 29.5 Å². The number of nitrogens with one attached hydrogen (secondary N) is 1. The Morgan fingerprint density at radius 3 is 2.14 bits per heavy atom. The van der Waals surface area contributed by atoms with Crippen molar-refractivity contribution >= 4 is 16.4 Å². The van der Waals surface area contributed by atoms with Gasteiger partial charge in [0, 0.05) is 12.6 Å². The summed E-state index contributed by atoms with van der Waals surface area (Å²) in [6, 6.07) is -0.0735. The third-order valence-corrected chi connectivity index (χ3v) is 3.28. The topological polar surface area (TPSA) is 130 Å². The summed E-state index contributed by atoms with van der Waals surface area (Å²) in [6.07, 6.45) is 0.115. The minimum Gasteiger partial charge on any atom is -0.390 e. The SMILES string of the molecule is O=P(O)(O)CCNCCC[Si](O)(O)O. The normalized spacial score (nSPS) is 13.2. The van der Waals surface area contributed by atoms with Gasteiger partial charge in [0.25, 0.3) is 0 Å². The zero-order valence-corrected chi connectivity index (χ0v) is 9.52. The maximum atomic E-state index is 10.4. The predicted molar refractivity (Wildman–Crippen MR) is 51.6 cm³/mol. The van der Waals surface area contributed by atoms with Crippen LogP contribution in [0.5, 0.6) is 0 Å². The monoisotopic (exact) mass is 245 g/mol. The fourth-order valence-corrected chi connectivity index (χ4v) is 1.90. The molecule has 0 heterocycles. The van der Waals surface area contributed by atoms with Crippen molar-refractivity contribution in [2.45, 2.75) is 12.5 Å². The van der Waals surface area contributed by atoms with Crippen LogP contribution >= 0.6 is 7.60 Å². The van der Waals surface area contributed by atoms with Crippen LogP contribution in [-0.4, -0.2) is 52.2 Å². The van der Waals surface area contributed by atoms with E-state index in [0.29, 0.717) is 13.0 Å².